The molecule has 1 aliphatic carbocycles. The fourth-order valence-electron chi connectivity index (χ4n) is 5.30. The van der Waals surface area contributed by atoms with Gasteiger partial charge in [0.05, 0.1) is 39.5 Å². The van der Waals surface area contributed by atoms with E-state index in [2.05, 4.69) is 76.6 Å². The van der Waals surface area contributed by atoms with Crippen molar-refractivity contribution in [3.05, 3.63) is 108 Å². The first kappa shape index (κ1) is 21.3. The number of aromatic nitrogens is 4. The summed E-state index contributed by atoms with van der Waals surface area (Å²) in [7, 11) is 0. The number of hydrogen-bond donors (Lipinski definition) is 1. The number of benzene rings is 3. The number of H-pyrrole nitrogens is 1. The highest BCUT2D eigenvalue weighted by Crippen LogP contribution is 2.38. The van der Waals surface area contributed by atoms with Gasteiger partial charge in [-0.05, 0) is 79.4 Å². The van der Waals surface area contributed by atoms with Gasteiger partial charge in [-0.1, -0.05) is 30.3 Å². The predicted octanol–water partition coefficient (Wildman–Crippen LogP) is 7.32. The van der Waals surface area contributed by atoms with E-state index in [-0.39, 0.29) is 6.04 Å². The number of pyridine rings is 1. The summed E-state index contributed by atoms with van der Waals surface area (Å²) in [5.41, 5.74) is 7.98. The minimum absolute atomic E-state index is 0.205. The fourth-order valence-corrected chi connectivity index (χ4v) is 6.27. The van der Waals surface area contributed by atoms with Gasteiger partial charge in [0.15, 0.2) is 0 Å². The molecule has 0 aliphatic heterocycles. The molecule has 176 valence electrons. The summed E-state index contributed by atoms with van der Waals surface area (Å²) in [5, 5.41) is 1.05. The van der Waals surface area contributed by atoms with E-state index in [0.29, 0.717) is 6.54 Å². The van der Waals surface area contributed by atoms with Crippen LogP contribution in [0.25, 0.3) is 31.8 Å². The van der Waals surface area contributed by atoms with E-state index in [1.54, 1.807) is 11.3 Å². The fraction of sp³-hybridized carbons (Fsp3) is 0.167. The molecule has 1 aliphatic rings. The minimum Gasteiger partial charge on any atom is -0.355 e. The van der Waals surface area contributed by atoms with Crippen molar-refractivity contribution >= 4 is 38.3 Å². The molecule has 6 aromatic rings. The number of nitrogens with one attached hydrogen (secondary N) is 1. The lowest BCUT2D eigenvalue weighted by Gasteiger charge is -2.36. The monoisotopic (exact) mass is 487 g/mol. The van der Waals surface area contributed by atoms with Gasteiger partial charge >= 0.3 is 0 Å². The lowest BCUT2D eigenvalue weighted by molar-refractivity contribution is 0.501. The zero-order valence-corrected chi connectivity index (χ0v) is 20.6. The van der Waals surface area contributed by atoms with Crippen LogP contribution in [0.4, 0.5) is 5.69 Å². The molecule has 1 atom stereocenters. The topological polar surface area (TPSA) is 57.7 Å². The van der Waals surface area contributed by atoms with Crippen LogP contribution in [0.3, 0.4) is 0 Å². The van der Waals surface area contributed by atoms with Gasteiger partial charge in [-0.2, -0.15) is 0 Å². The van der Waals surface area contributed by atoms with Gasteiger partial charge in [0.25, 0.3) is 0 Å². The molecule has 0 saturated heterocycles. The van der Waals surface area contributed by atoms with Crippen molar-refractivity contribution in [2.45, 2.75) is 31.8 Å². The maximum absolute atomic E-state index is 4.89. The number of aromatic amines is 1. The molecular formula is C30H25N5S. The van der Waals surface area contributed by atoms with Crippen LogP contribution in [0, 0.1) is 0 Å². The summed E-state index contributed by atoms with van der Waals surface area (Å²) in [5.74, 6) is 0.967. The molecule has 5 nitrogen and oxygen atoms in total. The molecule has 36 heavy (non-hydrogen) atoms. The Balaban J connectivity index is 1.27. The second-order valence-electron chi connectivity index (χ2n) is 9.32. The number of fused-ring (bicyclic) bond motifs is 3. The van der Waals surface area contributed by atoms with Crippen molar-refractivity contribution in [2.24, 2.45) is 0 Å². The number of rotatable bonds is 5. The highest BCUT2D eigenvalue weighted by molar-refractivity contribution is 7.21. The standard InChI is InChI=1S/C30H25N5S/c1-2-10-24-23(9-1)32-28(33-24)19-35(26-12-5-7-20-8-6-18-31-29(20)26)22-16-14-21(15-17-22)30-34-25-11-3-4-13-27(25)36-30/h1-4,6,8-11,13-18,26H,5,7,12,19H2,(H,32,33). The second-order valence-corrected chi connectivity index (χ2v) is 10.3. The van der Waals surface area contributed by atoms with E-state index in [1.807, 2.05) is 24.4 Å². The molecule has 1 N–H and O–H groups in total. The van der Waals surface area contributed by atoms with Gasteiger partial charge in [0.2, 0.25) is 0 Å². The Bertz CT molecular complexity index is 1600. The third-order valence-electron chi connectivity index (χ3n) is 7.04. The highest BCUT2D eigenvalue weighted by Gasteiger charge is 2.28. The number of anilines is 1. The average molecular weight is 488 g/mol. The van der Waals surface area contributed by atoms with Gasteiger partial charge in [0.1, 0.15) is 10.8 Å². The number of aryl methyl sites for hydroxylation is 1. The highest BCUT2D eigenvalue weighted by atomic mass is 32.1. The maximum Gasteiger partial charge on any atom is 0.126 e. The van der Waals surface area contributed by atoms with Gasteiger partial charge in [-0.25, -0.2) is 9.97 Å². The smallest absolute Gasteiger partial charge is 0.126 e. The molecular weight excluding hydrogens is 462 g/mol. The normalized spacial score (nSPS) is 15.3. The van der Waals surface area contributed by atoms with Crippen LogP contribution in [0.1, 0.15) is 36.0 Å². The van der Waals surface area contributed by atoms with Crippen LogP contribution < -0.4 is 4.90 Å². The molecule has 7 rings (SSSR count). The van der Waals surface area contributed by atoms with Crippen molar-refractivity contribution in [3.63, 3.8) is 0 Å². The van der Waals surface area contributed by atoms with Crippen LogP contribution >= 0.6 is 11.3 Å². The van der Waals surface area contributed by atoms with E-state index >= 15 is 0 Å². The second kappa shape index (κ2) is 8.88. The summed E-state index contributed by atoms with van der Waals surface area (Å²) in [6.45, 7) is 0.690. The Labute approximate surface area is 213 Å². The quantitative estimate of drug-likeness (QED) is 0.277. The molecule has 0 amide bonds. The van der Waals surface area contributed by atoms with E-state index in [9.17, 15) is 0 Å². The van der Waals surface area contributed by atoms with E-state index in [4.69, 9.17) is 15.0 Å². The van der Waals surface area contributed by atoms with Crippen molar-refractivity contribution in [3.8, 4) is 10.6 Å². The summed E-state index contributed by atoms with van der Waals surface area (Å²) in [6.07, 6.45) is 5.25. The molecule has 0 spiro atoms. The summed E-state index contributed by atoms with van der Waals surface area (Å²) in [4.78, 5) is 20.6. The molecule has 3 heterocycles. The van der Waals surface area contributed by atoms with Gasteiger partial charge in [-0.15, -0.1) is 11.3 Å². The SMILES string of the molecule is c1cnc2c(c1)CCCC2N(Cc1nc2ccccc2[nH]1)c1ccc(-c2nc3ccccc3s2)cc1. The van der Waals surface area contributed by atoms with Crippen LogP contribution in [0.5, 0.6) is 0 Å². The third kappa shape index (κ3) is 3.84. The lowest BCUT2D eigenvalue weighted by Crippen LogP contribution is -2.32. The first-order valence-electron chi connectivity index (χ1n) is 12.4. The van der Waals surface area contributed by atoms with Gasteiger partial charge < -0.3 is 9.88 Å². The van der Waals surface area contributed by atoms with Gasteiger partial charge in [-0.3, -0.25) is 4.98 Å². The third-order valence-corrected chi connectivity index (χ3v) is 8.13. The van der Waals surface area contributed by atoms with Gasteiger partial charge in [0, 0.05) is 17.4 Å². The molecule has 1 unspecified atom stereocenters. The van der Waals surface area contributed by atoms with E-state index < -0.39 is 0 Å². The van der Waals surface area contributed by atoms with Crippen LogP contribution in [0.2, 0.25) is 0 Å². The first-order chi connectivity index (χ1) is 17.8. The average Bonchev–Trinajstić information content (AvgIpc) is 3.55. The summed E-state index contributed by atoms with van der Waals surface area (Å²) >= 11 is 1.74. The van der Waals surface area contributed by atoms with Crippen molar-refractivity contribution in [1.82, 2.24) is 19.9 Å². The zero-order chi connectivity index (χ0) is 23.9. The minimum atomic E-state index is 0.205. The lowest BCUT2D eigenvalue weighted by atomic mass is 9.90. The molecule has 6 heteroatoms. The van der Waals surface area contributed by atoms with Crippen LogP contribution in [0.15, 0.2) is 91.1 Å². The van der Waals surface area contributed by atoms with Crippen LogP contribution in [-0.2, 0) is 13.0 Å². The van der Waals surface area contributed by atoms with E-state index in [1.165, 1.54) is 21.6 Å². The number of imidazole rings is 1. The summed E-state index contributed by atoms with van der Waals surface area (Å²) in [6, 6.07) is 29.9. The molecule has 0 radical (unpaired) electrons. The van der Waals surface area contributed by atoms with Crippen LogP contribution in [-0.4, -0.2) is 19.9 Å². The number of nitrogens with zero attached hydrogens (tertiary/aromatic N) is 4. The van der Waals surface area contributed by atoms with Crippen molar-refractivity contribution in [2.75, 3.05) is 4.90 Å². The first-order valence-corrected chi connectivity index (χ1v) is 13.2. The Morgan fingerprint density at radius 2 is 1.69 bits per heavy atom. The number of hydrogen-bond acceptors (Lipinski definition) is 5. The molecule has 0 bridgehead atoms. The molecule has 0 saturated carbocycles. The van der Waals surface area contributed by atoms with Crippen molar-refractivity contribution in [1.29, 1.82) is 0 Å². The Morgan fingerprint density at radius 1 is 0.861 bits per heavy atom. The number of thiazole rings is 1. The molecule has 3 aromatic carbocycles. The Hall–Kier alpha value is -4.03. The zero-order valence-electron chi connectivity index (χ0n) is 19.8. The van der Waals surface area contributed by atoms with Crippen molar-refractivity contribution < 1.29 is 0 Å². The predicted molar refractivity (Wildman–Crippen MR) is 147 cm³/mol. The summed E-state index contributed by atoms with van der Waals surface area (Å²) < 4.78 is 1.22. The molecule has 0 fully saturated rings. The molecule has 3 aromatic heterocycles. The Kier molecular flexibility index (Phi) is 5.25. The largest absolute Gasteiger partial charge is 0.355 e. The Morgan fingerprint density at radius 3 is 2.56 bits per heavy atom. The van der Waals surface area contributed by atoms with E-state index in [0.717, 1.165) is 52.2 Å². The number of para-hydroxylation sites is 3. The maximum atomic E-state index is 4.89.